The van der Waals surface area contributed by atoms with Crippen molar-refractivity contribution in [2.45, 2.75) is 12.8 Å². The van der Waals surface area contributed by atoms with Gasteiger partial charge in [-0.05, 0) is 84.6 Å². The molecule has 244 valence electrons. The molecule has 0 saturated carbocycles. The van der Waals surface area contributed by atoms with Crippen molar-refractivity contribution in [1.82, 2.24) is 0 Å². The van der Waals surface area contributed by atoms with E-state index in [1.165, 1.54) is 0 Å². The maximum atomic E-state index is 11.0. The van der Waals surface area contributed by atoms with Crippen molar-refractivity contribution in [3.8, 4) is 23.0 Å². The third-order valence-electron chi connectivity index (χ3n) is 7.30. The zero-order chi connectivity index (χ0) is 32.7. The van der Waals surface area contributed by atoms with Crippen LogP contribution in [0.2, 0.25) is 0 Å². The molecule has 0 aromatic heterocycles. The van der Waals surface area contributed by atoms with Gasteiger partial charge in [-0.15, -0.1) is 0 Å². The van der Waals surface area contributed by atoms with Crippen LogP contribution in [-0.4, -0.2) is 75.5 Å². The molecular weight excluding hydrogens is 596 g/mol. The van der Waals surface area contributed by atoms with E-state index in [4.69, 9.17) is 23.7 Å². The van der Waals surface area contributed by atoms with Crippen LogP contribution in [0, 0.1) is 0 Å². The van der Waals surface area contributed by atoms with Crippen molar-refractivity contribution in [2.24, 2.45) is 9.98 Å². The Morgan fingerprint density at radius 2 is 0.872 bits per heavy atom. The number of ether oxygens (including phenoxy) is 5. The summed E-state index contributed by atoms with van der Waals surface area (Å²) in [5.74, 6) is 1.72. The number of phenolic OH excluding ortho intramolecular Hbond substituents is 2. The fourth-order valence-electron chi connectivity index (χ4n) is 4.84. The van der Waals surface area contributed by atoms with E-state index in [1.54, 1.807) is 12.4 Å². The highest BCUT2D eigenvalue weighted by atomic mass is 16.6. The molecule has 0 radical (unpaired) electrons. The van der Waals surface area contributed by atoms with Gasteiger partial charge < -0.3 is 33.9 Å². The van der Waals surface area contributed by atoms with Crippen LogP contribution >= 0.6 is 0 Å². The molecule has 8 rings (SSSR count). The summed E-state index contributed by atoms with van der Waals surface area (Å²) in [5, 5.41) is 22.0. The lowest BCUT2D eigenvalue weighted by molar-refractivity contribution is 0.00499. The van der Waals surface area contributed by atoms with E-state index in [9.17, 15) is 10.2 Å². The number of hydrogen-bond donors (Lipinski definition) is 2. The van der Waals surface area contributed by atoms with Gasteiger partial charge >= 0.3 is 0 Å². The molecule has 0 fully saturated rings. The number of allylic oxidation sites excluding steroid dienone is 1. The van der Waals surface area contributed by atoms with Crippen molar-refractivity contribution >= 4 is 23.8 Å². The highest BCUT2D eigenvalue weighted by Crippen LogP contribution is 2.29. The first-order chi connectivity index (χ1) is 23.0. The Labute approximate surface area is 275 Å². The Kier molecular flexibility index (Phi) is 12.6. The first kappa shape index (κ1) is 33.4. The lowest BCUT2D eigenvalue weighted by Gasteiger charge is -2.12. The van der Waals surface area contributed by atoms with E-state index in [2.05, 4.69) is 16.6 Å². The molecule has 9 heteroatoms. The molecule has 2 N–H and O–H groups in total. The van der Waals surface area contributed by atoms with Crippen LogP contribution in [0.5, 0.6) is 23.0 Å². The quantitative estimate of drug-likeness (QED) is 0.205. The van der Waals surface area contributed by atoms with Gasteiger partial charge in [-0.2, -0.15) is 0 Å². The van der Waals surface area contributed by atoms with E-state index in [1.807, 2.05) is 84.9 Å². The zero-order valence-electron chi connectivity index (χ0n) is 26.3. The standard InChI is InChI=1S/C38H40N2O7/c1-28-24-29-4-2-6-31(37(29)41)26-39-33-8-12-35(13-9-33)46-22-20-44-18-16-43-17-19-45-21-23-47-36-14-10-34(11-15-36)40-27-32-7-3-5-30(25-28)38(32)42/h2-15,26-27,41-42H,1,16-25H2. The Morgan fingerprint density at radius 3 is 1.28 bits per heavy atom. The van der Waals surface area contributed by atoms with E-state index < -0.39 is 0 Å². The predicted octanol–water partition coefficient (Wildman–Crippen LogP) is 6.76. The van der Waals surface area contributed by atoms with Gasteiger partial charge in [-0.1, -0.05) is 36.4 Å². The van der Waals surface area contributed by atoms with Crippen LogP contribution in [-0.2, 0) is 27.1 Å². The number of para-hydroxylation sites is 2. The third-order valence-corrected chi connectivity index (χ3v) is 7.30. The topological polar surface area (TPSA) is 111 Å². The van der Waals surface area contributed by atoms with Gasteiger partial charge in [-0.3, -0.25) is 9.98 Å². The monoisotopic (exact) mass is 636 g/mol. The summed E-state index contributed by atoms with van der Waals surface area (Å²) in [6, 6.07) is 25.9. The zero-order valence-corrected chi connectivity index (χ0v) is 26.3. The summed E-state index contributed by atoms with van der Waals surface area (Å²) in [4.78, 5) is 9.06. The van der Waals surface area contributed by atoms with Crippen LogP contribution in [0.15, 0.2) is 107 Å². The van der Waals surface area contributed by atoms with Gasteiger partial charge in [0.1, 0.15) is 36.2 Å². The number of phenols is 2. The second-order valence-electron chi connectivity index (χ2n) is 10.9. The number of rotatable bonds is 0. The Hall–Kier alpha value is -4.96. The molecule has 0 unspecified atom stereocenters. The Bertz CT molecular complexity index is 1530. The van der Waals surface area contributed by atoms with Crippen LogP contribution in [0.4, 0.5) is 11.4 Å². The molecule has 0 amide bonds. The fraction of sp³-hybridized carbons (Fsp3) is 0.263. The molecule has 4 heterocycles. The maximum absolute atomic E-state index is 11.0. The van der Waals surface area contributed by atoms with Crippen LogP contribution in [0.3, 0.4) is 0 Å². The van der Waals surface area contributed by atoms with Gasteiger partial charge in [0.15, 0.2) is 0 Å². The number of hydrogen-bond acceptors (Lipinski definition) is 9. The molecule has 4 aromatic rings. The smallest absolute Gasteiger partial charge is 0.127 e. The molecule has 9 nitrogen and oxygen atoms in total. The largest absolute Gasteiger partial charge is 0.507 e. The highest BCUT2D eigenvalue weighted by Gasteiger charge is 2.11. The minimum absolute atomic E-state index is 0.148. The number of aliphatic imine (C=N–C) groups is 2. The average Bonchev–Trinajstić information content (AvgIpc) is 3.08. The molecule has 0 aliphatic carbocycles. The highest BCUT2D eigenvalue weighted by molar-refractivity contribution is 5.87. The second-order valence-corrected chi connectivity index (χ2v) is 10.9. The molecule has 47 heavy (non-hydrogen) atoms. The van der Waals surface area contributed by atoms with Gasteiger partial charge in [0.05, 0.1) is 51.0 Å². The normalized spacial score (nSPS) is 15.8. The second kappa shape index (κ2) is 17.7. The van der Waals surface area contributed by atoms with Gasteiger partial charge in [0, 0.05) is 23.6 Å². The first-order valence-corrected chi connectivity index (χ1v) is 15.6. The molecule has 8 bridgehead atoms. The molecule has 0 atom stereocenters. The molecule has 0 spiro atoms. The molecule has 0 saturated heterocycles. The minimum atomic E-state index is 0.148. The summed E-state index contributed by atoms with van der Waals surface area (Å²) in [6.45, 7) is 7.83. The first-order valence-electron chi connectivity index (χ1n) is 15.6. The van der Waals surface area contributed by atoms with E-state index in [0.29, 0.717) is 88.3 Å². The number of nitrogens with zero attached hydrogens (tertiary/aromatic N) is 2. The maximum Gasteiger partial charge on any atom is 0.127 e. The fourth-order valence-corrected chi connectivity index (χ4v) is 4.84. The van der Waals surface area contributed by atoms with Crippen molar-refractivity contribution in [3.63, 3.8) is 0 Å². The van der Waals surface area contributed by atoms with Crippen molar-refractivity contribution in [3.05, 3.63) is 119 Å². The Balaban J connectivity index is 1.27. The van der Waals surface area contributed by atoms with E-state index in [0.717, 1.165) is 28.1 Å². The molecule has 4 aliphatic heterocycles. The summed E-state index contributed by atoms with van der Waals surface area (Å²) in [5.41, 5.74) is 4.95. The van der Waals surface area contributed by atoms with Crippen LogP contribution < -0.4 is 9.47 Å². The summed E-state index contributed by atoms with van der Waals surface area (Å²) >= 11 is 0. The summed E-state index contributed by atoms with van der Waals surface area (Å²) in [6.07, 6.45) is 4.16. The van der Waals surface area contributed by atoms with Gasteiger partial charge in [0.2, 0.25) is 0 Å². The van der Waals surface area contributed by atoms with Gasteiger partial charge in [0.25, 0.3) is 0 Å². The van der Waals surface area contributed by atoms with E-state index in [-0.39, 0.29) is 11.5 Å². The predicted molar refractivity (Wildman–Crippen MR) is 184 cm³/mol. The number of aromatic hydroxyl groups is 2. The third kappa shape index (κ3) is 10.5. The van der Waals surface area contributed by atoms with Crippen LogP contribution in [0.1, 0.15) is 22.3 Å². The lowest BCUT2D eigenvalue weighted by Crippen LogP contribution is -2.14. The van der Waals surface area contributed by atoms with Crippen LogP contribution in [0.25, 0.3) is 0 Å². The summed E-state index contributed by atoms with van der Waals surface area (Å²) < 4.78 is 28.2. The van der Waals surface area contributed by atoms with Crippen molar-refractivity contribution in [1.29, 1.82) is 0 Å². The average molecular weight is 637 g/mol. The number of benzene rings is 4. The molecule has 4 aliphatic rings. The van der Waals surface area contributed by atoms with Gasteiger partial charge in [-0.25, -0.2) is 0 Å². The molecular formula is C38H40N2O7. The molecule has 4 aromatic carbocycles. The SMILES string of the molecule is C=C1Cc2cccc(c2O)C=Nc2ccc(cc2)OCCOCCOCCOCCOc2ccc(cc2)N=Cc2cccc(c2O)C1. The van der Waals surface area contributed by atoms with E-state index >= 15 is 0 Å². The Morgan fingerprint density at radius 1 is 0.489 bits per heavy atom. The minimum Gasteiger partial charge on any atom is -0.507 e. The summed E-state index contributed by atoms with van der Waals surface area (Å²) in [7, 11) is 0. The van der Waals surface area contributed by atoms with Crippen molar-refractivity contribution < 1.29 is 33.9 Å². The van der Waals surface area contributed by atoms with Crippen molar-refractivity contribution in [2.75, 3.05) is 52.9 Å². The lowest BCUT2D eigenvalue weighted by atomic mass is 9.96.